The van der Waals surface area contributed by atoms with Crippen molar-refractivity contribution < 1.29 is 23.0 Å². The Kier molecular flexibility index (Phi) is 4.82. The zero-order valence-corrected chi connectivity index (χ0v) is 16.5. The van der Waals surface area contributed by atoms with E-state index >= 15 is 0 Å². The number of aromatic hydroxyl groups is 1. The van der Waals surface area contributed by atoms with E-state index in [1.165, 1.54) is 30.3 Å². The molecule has 2 nitrogen and oxygen atoms in total. The third-order valence-electron chi connectivity index (χ3n) is 4.57. The normalized spacial score (nSPS) is 16.5. The zero-order chi connectivity index (χ0) is 19.9. The van der Waals surface area contributed by atoms with Crippen molar-refractivity contribution in [2.24, 2.45) is 0 Å². The van der Waals surface area contributed by atoms with E-state index in [-0.39, 0.29) is 22.6 Å². The maximum absolute atomic E-state index is 14.2. The second-order valence-corrected chi connectivity index (χ2v) is 7.62. The molecule has 3 aromatic rings. The minimum atomic E-state index is -4.57. The standard InChI is InChI=1S/C22H14F3IO2/c23-22(24,25)20-17-3-1-2-4-18(17)28-21(14-5-9-15(26)10-6-14)19(20)13-7-11-16(27)12-8-13/h1-12,21,27H. The summed E-state index contributed by atoms with van der Waals surface area (Å²) in [5.41, 5.74) is 0.304. The fourth-order valence-corrected chi connectivity index (χ4v) is 3.71. The van der Waals surface area contributed by atoms with Crippen LogP contribution in [0.3, 0.4) is 0 Å². The molecule has 1 N–H and O–H groups in total. The number of allylic oxidation sites excluding steroid dienone is 1. The first-order valence-electron chi connectivity index (χ1n) is 8.47. The number of rotatable bonds is 2. The molecule has 0 spiro atoms. The van der Waals surface area contributed by atoms with E-state index in [9.17, 15) is 18.3 Å². The average molecular weight is 494 g/mol. The molecule has 0 saturated heterocycles. The fraction of sp³-hybridized carbons (Fsp3) is 0.0909. The van der Waals surface area contributed by atoms with Crippen molar-refractivity contribution in [1.82, 2.24) is 0 Å². The smallest absolute Gasteiger partial charge is 0.417 e. The number of alkyl halides is 3. The van der Waals surface area contributed by atoms with E-state index in [0.29, 0.717) is 11.1 Å². The Bertz CT molecular complexity index is 1040. The minimum Gasteiger partial charge on any atom is -0.508 e. The predicted octanol–water partition coefficient (Wildman–Crippen LogP) is 6.60. The molecule has 1 atom stereocenters. The number of halogens is 4. The monoisotopic (exact) mass is 494 g/mol. The lowest BCUT2D eigenvalue weighted by molar-refractivity contribution is -0.0695. The molecular formula is C22H14F3IO2. The van der Waals surface area contributed by atoms with Gasteiger partial charge in [0.15, 0.2) is 6.10 Å². The average Bonchev–Trinajstić information content (AvgIpc) is 2.67. The van der Waals surface area contributed by atoms with Gasteiger partial charge in [0.1, 0.15) is 11.5 Å². The molecule has 1 aliphatic heterocycles. The van der Waals surface area contributed by atoms with Crippen LogP contribution in [0.2, 0.25) is 0 Å². The Morgan fingerprint density at radius 3 is 2.14 bits per heavy atom. The largest absolute Gasteiger partial charge is 0.508 e. The van der Waals surface area contributed by atoms with Gasteiger partial charge in [-0.3, -0.25) is 0 Å². The van der Waals surface area contributed by atoms with E-state index in [1.54, 1.807) is 30.3 Å². The number of ether oxygens (including phenoxy) is 1. The van der Waals surface area contributed by atoms with Crippen molar-refractivity contribution in [3.05, 3.63) is 93.1 Å². The number of phenolic OH excluding ortho intramolecular Hbond substituents is 1. The van der Waals surface area contributed by atoms with Gasteiger partial charge < -0.3 is 9.84 Å². The van der Waals surface area contributed by atoms with E-state index < -0.39 is 17.9 Å². The van der Waals surface area contributed by atoms with Gasteiger partial charge in [-0.15, -0.1) is 0 Å². The van der Waals surface area contributed by atoms with Gasteiger partial charge in [0.2, 0.25) is 0 Å². The van der Waals surface area contributed by atoms with Crippen LogP contribution >= 0.6 is 22.6 Å². The molecule has 0 aromatic heterocycles. The van der Waals surface area contributed by atoms with Crippen LogP contribution in [0.25, 0.3) is 11.1 Å². The summed E-state index contributed by atoms with van der Waals surface area (Å²) in [4.78, 5) is 0. The molecule has 1 heterocycles. The molecule has 28 heavy (non-hydrogen) atoms. The highest BCUT2D eigenvalue weighted by Crippen LogP contribution is 2.52. The lowest BCUT2D eigenvalue weighted by atomic mass is 9.85. The molecule has 0 bridgehead atoms. The van der Waals surface area contributed by atoms with Gasteiger partial charge in [0.05, 0.1) is 5.57 Å². The minimum absolute atomic E-state index is 0.0131. The molecule has 1 aliphatic rings. The second kappa shape index (κ2) is 7.16. The Morgan fingerprint density at radius 1 is 0.857 bits per heavy atom. The number of fused-ring (bicyclic) bond motifs is 1. The first-order chi connectivity index (χ1) is 13.3. The van der Waals surface area contributed by atoms with Crippen molar-refractivity contribution in [3.8, 4) is 11.5 Å². The number of para-hydroxylation sites is 1. The quantitative estimate of drug-likeness (QED) is 0.407. The van der Waals surface area contributed by atoms with Crippen LogP contribution in [-0.2, 0) is 0 Å². The molecule has 1 unspecified atom stereocenters. The van der Waals surface area contributed by atoms with Crippen LogP contribution in [0.15, 0.2) is 72.8 Å². The summed E-state index contributed by atoms with van der Waals surface area (Å²) < 4.78 is 49.7. The van der Waals surface area contributed by atoms with Crippen molar-refractivity contribution in [2.45, 2.75) is 12.3 Å². The van der Waals surface area contributed by atoms with Crippen LogP contribution < -0.4 is 4.74 Å². The Labute approximate surface area is 173 Å². The van der Waals surface area contributed by atoms with E-state index in [2.05, 4.69) is 22.6 Å². The number of hydrogen-bond acceptors (Lipinski definition) is 2. The summed E-state index contributed by atoms with van der Waals surface area (Å²) in [5.74, 6) is 0.182. The Morgan fingerprint density at radius 2 is 1.50 bits per heavy atom. The third kappa shape index (κ3) is 3.48. The van der Waals surface area contributed by atoms with Gasteiger partial charge in [-0.2, -0.15) is 13.2 Å². The van der Waals surface area contributed by atoms with Gasteiger partial charge in [0, 0.05) is 14.7 Å². The third-order valence-corrected chi connectivity index (χ3v) is 5.29. The first kappa shape index (κ1) is 18.9. The van der Waals surface area contributed by atoms with Crippen molar-refractivity contribution in [3.63, 3.8) is 0 Å². The molecule has 142 valence electrons. The van der Waals surface area contributed by atoms with Crippen LogP contribution in [0.1, 0.15) is 22.8 Å². The summed E-state index contributed by atoms with van der Waals surface area (Å²) in [6, 6.07) is 19.1. The Balaban J connectivity index is 2.03. The summed E-state index contributed by atoms with van der Waals surface area (Å²) in [6.45, 7) is 0. The molecule has 4 rings (SSSR count). The van der Waals surface area contributed by atoms with Crippen LogP contribution in [0.4, 0.5) is 13.2 Å². The highest BCUT2D eigenvalue weighted by Gasteiger charge is 2.44. The van der Waals surface area contributed by atoms with Gasteiger partial charge >= 0.3 is 6.18 Å². The summed E-state index contributed by atoms with van der Waals surface area (Å²) in [6.07, 6.45) is -5.50. The lowest BCUT2D eigenvalue weighted by Crippen LogP contribution is -2.23. The molecule has 0 amide bonds. The summed E-state index contributed by atoms with van der Waals surface area (Å²) in [5, 5.41) is 9.58. The van der Waals surface area contributed by atoms with Gasteiger partial charge in [-0.25, -0.2) is 0 Å². The van der Waals surface area contributed by atoms with Crippen molar-refractivity contribution in [1.29, 1.82) is 0 Å². The molecule has 3 aromatic carbocycles. The van der Waals surface area contributed by atoms with Gasteiger partial charge in [-0.05, 0) is 64.0 Å². The van der Waals surface area contributed by atoms with Crippen LogP contribution in [0, 0.1) is 3.57 Å². The fourth-order valence-electron chi connectivity index (χ4n) is 3.35. The van der Waals surface area contributed by atoms with Crippen LogP contribution in [-0.4, -0.2) is 11.3 Å². The maximum Gasteiger partial charge on any atom is 0.417 e. The zero-order valence-electron chi connectivity index (χ0n) is 14.4. The molecule has 0 aliphatic carbocycles. The molecule has 0 radical (unpaired) electrons. The van der Waals surface area contributed by atoms with Crippen molar-refractivity contribution in [2.75, 3.05) is 0 Å². The highest BCUT2D eigenvalue weighted by molar-refractivity contribution is 14.1. The number of benzene rings is 3. The van der Waals surface area contributed by atoms with Gasteiger partial charge in [0.25, 0.3) is 0 Å². The number of hydrogen-bond donors (Lipinski definition) is 1. The van der Waals surface area contributed by atoms with E-state index in [0.717, 1.165) is 3.57 Å². The Hall–Kier alpha value is -2.48. The number of phenols is 1. The van der Waals surface area contributed by atoms with Crippen LogP contribution in [0.5, 0.6) is 11.5 Å². The SMILES string of the molecule is Oc1ccc(C2=C(C(F)(F)F)c3ccccc3OC2c2ccc(I)cc2)cc1. The van der Waals surface area contributed by atoms with Gasteiger partial charge in [-0.1, -0.05) is 42.5 Å². The summed E-state index contributed by atoms with van der Waals surface area (Å²) in [7, 11) is 0. The second-order valence-electron chi connectivity index (χ2n) is 6.38. The molecular weight excluding hydrogens is 480 g/mol. The predicted molar refractivity (Wildman–Crippen MR) is 110 cm³/mol. The molecule has 0 saturated carbocycles. The van der Waals surface area contributed by atoms with E-state index in [1.807, 2.05) is 12.1 Å². The maximum atomic E-state index is 14.2. The highest BCUT2D eigenvalue weighted by atomic mass is 127. The van der Waals surface area contributed by atoms with Crippen molar-refractivity contribution >= 4 is 33.7 Å². The molecule has 6 heteroatoms. The first-order valence-corrected chi connectivity index (χ1v) is 9.55. The lowest BCUT2D eigenvalue weighted by Gasteiger charge is -2.32. The topological polar surface area (TPSA) is 29.5 Å². The summed E-state index contributed by atoms with van der Waals surface area (Å²) >= 11 is 2.14. The van der Waals surface area contributed by atoms with E-state index in [4.69, 9.17) is 4.74 Å². The molecule has 0 fully saturated rings.